The van der Waals surface area contributed by atoms with Gasteiger partial charge in [0.1, 0.15) is 0 Å². The van der Waals surface area contributed by atoms with Gasteiger partial charge in [-0.15, -0.1) is 0 Å². The third-order valence-electron chi connectivity index (χ3n) is 4.15. The van der Waals surface area contributed by atoms with Gasteiger partial charge in [0, 0.05) is 18.2 Å². The largest absolute Gasteiger partial charge is 0.405 e. The van der Waals surface area contributed by atoms with Crippen LogP contribution in [-0.2, 0) is 5.41 Å². The maximum absolute atomic E-state index is 5.39. The maximum Gasteiger partial charge on any atom is 0.0565 e. The first-order chi connectivity index (χ1) is 9.48. The molecule has 1 aliphatic rings. The van der Waals surface area contributed by atoms with Crippen molar-refractivity contribution in [2.45, 2.75) is 32.2 Å². The molecule has 1 unspecified atom stereocenters. The van der Waals surface area contributed by atoms with Gasteiger partial charge in [0.2, 0.25) is 0 Å². The van der Waals surface area contributed by atoms with Crippen molar-refractivity contribution >= 4 is 5.69 Å². The van der Waals surface area contributed by atoms with Crippen molar-refractivity contribution in [3.05, 3.63) is 65.9 Å². The molecule has 0 aliphatic carbocycles. The summed E-state index contributed by atoms with van der Waals surface area (Å²) >= 11 is 0. The van der Waals surface area contributed by atoms with E-state index in [1.165, 1.54) is 11.3 Å². The first-order valence-electron chi connectivity index (χ1n) is 7.04. The van der Waals surface area contributed by atoms with E-state index < -0.39 is 0 Å². The Labute approximate surface area is 122 Å². The summed E-state index contributed by atoms with van der Waals surface area (Å²) in [5.41, 5.74) is 9.41. The normalized spacial score (nSPS) is 21.9. The Kier molecular flexibility index (Phi) is 4.03. The van der Waals surface area contributed by atoms with E-state index in [1.54, 1.807) is 6.20 Å². The van der Waals surface area contributed by atoms with Crippen LogP contribution < -0.4 is 10.6 Å². The zero-order valence-electron chi connectivity index (χ0n) is 12.8. The predicted molar refractivity (Wildman–Crippen MR) is 87.9 cm³/mol. The van der Waals surface area contributed by atoms with Gasteiger partial charge >= 0.3 is 0 Å². The minimum absolute atomic E-state index is 0.118. The highest BCUT2D eigenvalue weighted by Gasteiger charge is 2.40. The smallest absolute Gasteiger partial charge is 0.0565 e. The number of hydrogen-bond donors (Lipinski definition) is 1. The monoisotopic (exact) mass is 268 g/mol. The van der Waals surface area contributed by atoms with Gasteiger partial charge in [0.05, 0.1) is 6.04 Å². The molecule has 1 heterocycles. The van der Waals surface area contributed by atoms with Crippen LogP contribution in [0.1, 0.15) is 26.3 Å². The molecular formula is C18H24N2. The van der Waals surface area contributed by atoms with E-state index in [9.17, 15) is 0 Å². The highest BCUT2D eigenvalue weighted by molar-refractivity contribution is 5.64. The molecule has 1 atom stereocenters. The molecule has 0 bridgehead atoms. The van der Waals surface area contributed by atoms with Crippen molar-refractivity contribution in [3.8, 4) is 0 Å². The minimum Gasteiger partial charge on any atom is -0.405 e. The summed E-state index contributed by atoms with van der Waals surface area (Å²) in [4.78, 5) is 2.35. The Morgan fingerprint density at radius 1 is 1.30 bits per heavy atom. The minimum atomic E-state index is 0.118. The molecule has 2 heteroatoms. The lowest BCUT2D eigenvalue weighted by Gasteiger charge is -2.29. The molecule has 0 radical (unpaired) electrons. The third-order valence-corrected chi connectivity index (χ3v) is 4.15. The number of allylic oxidation sites excluding steroid dienone is 4. The average Bonchev–Trinajstić information content (AvgIpc) is 2.61. The number of anilines is 1. The second-order valence-electron chi connectivity index (χ2n) is 5.95. The molecule has 106 valence electrons. The summed E-state index contributed by atoms with van der Waals surface area (Å²) in [6.07, 6.45) is 9.97. The number of nitrogens with zero attached hydrogens (tertiary/aromatic N) is 1. The Morgan fingerprint density at radius 2 is 2.00 bits per heavy atom. The molecule has 1 aromatic carbocycles. The Bertz CT molecular complexity index is 565. The van der Waals surface area contributed by atoms with Gasteiger partial charge in [-0.3, -0.25) is 0 Å². The van der Waals surface area contributed by atoms with E-state index in [2.05, 4.69) is 68.3 Å². The number of benzene rings is 1. The summed E-state index contributed by atoms with van der Waals surface area (Å²) in [7, 11) is 2.17. The molecule has 2 nitrogen and oxygen atoms in total. The maximum atomic E-state index is 5.39. The molecule has 1 aliphatic heterocycles. The van der Waals surface area contributed by atoms with E-state index in [4.69, 9.17) is 5.73 Å². The molecule has 0 saturated heterocycles. The lowest BCUT2D eigenvalue weighted by molar-refractivity contribution is 0.488. The lowest BCUT2D eigenvalue weighted by Crippen LogP contribution is -2.37. The number of para-hydroxylation sites is 1. The van der Waals surface area contributed by atoms with Gasteiger partial charge in [-0.2, -0.15) is 0 Å². The fourth-order valence-corrected chi connectivity index (χ4v) is 3.01. The van der Waals surface area contributed by atoms with Crippen molar-refractivity contribution in [3.63, 3.8) is 0 Å². The zero-order valence-corrected chi connectivity index (χ0v) is 12.8. The number of hydrogen-bond acceptors (Lipinski definition) is 2. The Hall–Kier alpha value is -1.96. The number of fused-ring (bicyclic) bond motifs is 1. The standard InChI is InChI=1S/C18H24N2/c1-14(12-13-19)8-7-11-17-18(2,3)15-9-5-6-10-16(15)20(17)4/h5-13,17H,19H2,1-4H3/b11-7+,13-12+,14-8+. The molecule has 0 saturated carbocycles. The lowest BCUT2D eigenvalue weighted by atomic mass is 9.80. The first-order valence-corrected chi connectivity index (χ1v) is 7.04. The van der Waals surface area contributed by atoms with Crippen molar-refractivity contribution in [1.29, 1.82) is 0 Å². The van der Waals surface area contributed by atoms with Crippen LogP contribution >= 0.6 is 0 Å². The summed E-state index contributed by atoms with van der Waals surface area (Å²) in [6.45, 7) is 6.66. The van der Waals surface area contributed by atoms with Crippen molar-refractivity contribution < 1.29 is 0 Å². The van der Waals surface area contributed by atoms with Gasteiger partial charge in [-0.1, -0.05) is 50.3 Å². The van der Waals surface area contributed by atoms with Gasteiger partial charge in [0.25, 0.3) is 0 Å². The topological polar surface area (TPSA) is 29.3 Å². The van der Waals surface area contributed by atoms with Crippen molar-refractivity contribution in [1.82, 2.24) is 0 Å². The van der Waals surface area contributed by atoms with Crippen molar-refractivity contribution in [2.24, 2.45) is 5.73 Å². The van der Waals surface area contributed by atoms with E-state index >= 15 is 0 Å². The fraction of sp³-hybridized carbons (Fsp3) is 0.333. The summed E-state index contributed by atoms with van der Waals surface area (Å²) < 4.78 is 0. The van der Waals surface area contributed by atoms with Crippen molar-refractivity contribution in [2.75, 3.05) is 11.9 Å². The number of rotatable bonds is 3. The van der Waals surface area contributed by atoms with Crippen LogP contribution in [0.4, 0.5) is 5.69 Å². The molecule has 2 N–H and O–H groups in total. The fourth-order valence-electron chi connectivity index (χ4n) is 3.01. The SMILES string of the molecule is CC(/C=C/N)=C\C=C\C1N(C)c2ccccc2C1(C)C. The van der Waals surface area contributed by atoms with E-state index in [-0.39, 0.29) is 5.41 Å². The van der Waals surface area contributed by atoms with Gasteiger partial charge < -0.3 is 10.6 Å². The third kappa shape index (κ3) is 2.51. The summed E-state index contributed by atoms with van der Waals surface area (Å²) in [6, 6.07) is 9.02. The van der Waals surface area contributed by atoms with Crippen LogP contribution in [0.3, 0.4) is 0 Å². The summed E-state index contributed by atoms with van der Waals surface area (Å²) in [5, 5.41) is 0. The molecule has 1 aromatic rings. The van der Waals surface area contributed by atoms with Crippen LogP contribution in [0.25, 0.3) is 0 Å². The molecule has 0 amide bonds. The molecule has 2 rings (SSSR count). The molecule has 0 spiro atoms. The highest BCUT2D eigenvalue weighted by atomic mass is 15.2. The second-order valence-corrected chi connectivity index (χ2v) is 5.95. The molecule has 0 aromatic heterocycles. The molecule has 20 heavy (non-hydrogen) atoms. The highest BCUT2D eigenvalue weighted by Crippen LogP contribution is 2.44. The van der Waals surface area contributed by atoms with E-state index in [0.717, 1.165) is 5.57 Å². The molecule has 0 fully saturated rings. The van der Waals surface area contributed by atoms with Crippen LogP contribution in [0, 0.1) is 0 Å². The Balaban J connectivity index is 2.27. The Morgan fingerprint density at radius 3 is 2.65 bits per heavy atom. The van der Waals surface area contributed by atoms with Gasteiger partial charge in [-0.05, 0) is 36.4 Å². The van der Waals surface area contributed by atoms with Gasteiger partial charge in [-0.25, -0.2) is 0 Å². The number of likely N-dealkylation sites (N-methyl/N-ethyl adjacent to an activating group) is 1. The number of nitrogens with two attached hydrogens (primary N) is 1. The first kappa shape index (κ1) is 14.4. The van der Waals surface area contributed by atoms with Crippen LogP contribution in [0.2, 0.25) is 0 Å². The van der Waals surface area contributed by atoms with Crippen LogP contribution in [0.15, 0.2) is 60.3 Å². The predicted octanol–water partition coefficient (Wildman–Crippen LogP) is 3.76. The van der Waals surface area contributed by atoms with Gasteiger partial charge in [0.15, 0.2) is 0 Å². The summed E-state index contributed by atoms with van der Waals surface area (Å²) in [5.74, 6) is 0. The van der Waals surface area contributed by atoms with E-state index in [1.807, 2.05) is 13.0 Å². The van der Waals surface area contributed by atoms with Crippen LogP contribution in [0.5, 0.6) is 0 Å². The second kappa shape index (κ2) is 5.58. The van der Waals surface area contributed by atoms with Crippen LogP contribution in [-0.4, -0.2) is 13.1 Å². The quantitative estimate of drug-likeness (QED) is 0.846. The molecular weight excluding hydrogens is 244 g/mol. The zero-order chi connectivity index (χ0) is 14.8. The van der Waals surface area contributed by atoms with E-state index in [0.29, 0.717) is 6.04 Å². The average molecular weight is 268 g/mol.